The summed E-state index contributed by atoms with van der Waals surface area (Å²) in [4.78, 5) is 4.16. The Morgan fingerprint density at radius 1 is 0.880 bits per heavy atom. The third-order valence-electron chi connectivity index (χ3n) is 4.15. The number of benzene rings is 1. The van der Waals surface area contributed by atoms with E-state index in [1.165, 1.54) is 12.0 Å². The molecule has 0 amide bonds. The van der Waals surface area contributed by atoms with Crippen LogP contribution in [-0.4, -0.2) is 20.3 Å². The molecule has 0 fully saturated rings. The van der Waals surface area contributed by atoms with Crippen LogP contribution >= 0.6 is 0 Å². The highest BCUT2D eigenvalue weighted by Gasteiger charge is 2.16. The van der Waals surface area contributed by atoms with Crippen molar-refractivity contribution in [3.63, 3.8) is 0 Å². The van der Waals surface area contributed by atoms with Crippen molar-refractivity contribution >= 4 is 0 Å². The molecule has 2 heterocycles. The number of unbranched alkanes of at least 4 members (excludes halogenated alkanes) is 3. The number of hydrogen-bond donors (Lipinski definition) is 1. The molecule has 0 bridgehead atoms. The molecule has 5 heteroatoms. The van der Waals surface area contributed by atoms with E-state index < -0.39 is 6.10 Å². The number of rotatable bonds is 9. The predicted octanol–water partition coefficient (Wildman–Crippen LogP) is 4.36. The smallest absolute Gasteiger partial charge is 0.266 e. The van der Waals surface area contributed by atoms with Gasteiger partial charge in [-0.15, -0.1) is 10.2 Å². The molecule has 130 valence electrons. The fraction of sp³-hybridized carbons (Fsp3) is 0.350. The molecule has 0 spiro atoms. The van der Waals surface area contributed by atoms with E-state index in [1.807, 2.05) is 18.2 Å². The van der Waals surface area contributed by atoms with Crippen LogP contribution in [-0.2, 0) is 6.42 Å². The summed E-state index contributed by atoms with van der Waals surface area (Å²) in [5.74, 6) is 0.613. The van der Waals surface area contributed by atoms with Gasteiger partial charge in [-0.3, -0.25) is 4.98 Å². The Hall–Kier alpha value is -2.53. The van der Waals surface area contributed by atoms with Gasteiger partial charge in [0.15, 0.2) is 0 Å². The van der Waals surface area contributed by atoms with Crippen LogP contribution in [0.2, 0.25) is 0 Å². The van der Waals surface area contributed by atoms with Crippen LogP contribution in [0.5, 0.6) is 0 Å². The highest BCUT2D eigenvalue weighted by molar-refractivity contribution is 5.44. The summed E-state index contributed by atoms with van der Waals surface area (Å²) in [6.45, 7) is 0. The summed E-state index contributed by atoms with van der Waals surface area (Å²) < 4.78 is 5.53. The van der Waals surface area contributed by atoms with Gasteiger partial charge in [-0.05, 0) is 37.0 Å². The number of pyridine rings is 1. The largest absolute Gasteiger partial charge is 0.416 e. The van der Waals surface area contributed by atoms with Crippen LogP contribution in [0, 0.1) is 0 Å². The summed E-state index contributed by atoms with van der Waals surface area (Å²) in [6, 6.07) is 16.0. The molecule has 3 rings (SSSR count). The average molecular weight is 337 g/mol. The molecule has 0 aliphatic heterocycles. The second-order valence-corrected chi connectivity index (χ2v) is 6.11. The van der Waals surface area contributed by atoms with Crippen LogP contribution in [0.15, 0.2) is 59.1 Å². The van der Waals surface area contributed by atoms with Crippen LogP contribution < -0.4 is 0 Å². The van der Waals surface area contributed by atoms with Crippen molar-refractivity contribution in [2.24, 2.45) is 0 Å². The summed E-state index contributed by atoms with van der Waals surface area (Å²) in [5, 5.41) is 18.1. The van der Waals surface area contributed by atoms with Crippen molar-refractivity contribution in [2.75, 3.05) is 0 Å². The van der Waals surface area contributed by atoms with Gasteiger partial charge < -0.3 is 9.52 Å². The van der Waals surface area contributed by atoms with Gasteiger partial charge in [-0.1, -0.05) is 55.7 Å². The minimum absolute atomic E-state index is 0.268. The van der Waals surface area contributed by atoms with E-state index in [2.05, 4.69) is 39.4 Å². The molecular weight excluding hydrogens is 314 g/mol. The molecule has 0 saturated carbocycles. The van der Waals surface area contributed by atoms with E-state index in [1.54, 1.807) is 12.3 Å². The van der Waals surface area contributed by atoms with E-state index in [0.717, 1.165) is 25.7 Å². The third-order valence-corrected chi connectivity index (χ3v) is 4.15. The third kappa shape index (κ3) is 5.22. The molecular formula is C20H23N3O2. The standard InChI is InChI=1S/C20H23N3O2/c24-18(14-7-2-1-4-10-16-11-5-3-6-12-16)20-23-22-19(25-20)17-13-8-9-15-21-17/h3,5-6,8-9,11-13,15,18,24H,1-2,4,7,10,14H2/t18-/m0/s1. The summed E-state index contributed by atoms with van der Waals surface area (Å²) in [5.41, 5.74) is 2.00. The predicted molar refractivity (Wildman–Crippen MR) is 95.7 cm³/mol. The van der Waals surface area contributed by atoms with Gasteiger partial charge in [0.2, 0.25) is 5.89 Å². The van der Waals surface area contributed by atoms with Gasteiger partial charge >= 0.3 is 0 Å². The zero-order valence-electron chi connectivity index (χ0n) is 14.2. The molecule has 1 atom stereocenters. The second-order valence-electron chi connectivity index (χ2n) is 6.11. The summed E-state index contributed by atoms with van der Waals surface area (Å²) in [7, 11) is 0. The number of aliphatic hydroxyl groups excluding tert-OH is 1. The minimum atomic E-state index is -0.709. The lowest BCUT2D eigenvalue weighted by Gasteiger charge is -2.06. The lowest BCUT2D eigenvalue weighted by atomic mass is 10.0. The lowest BCUT2D eigenvalue weighted by molar-refractivity contribution is 0.131. The van der Waals surface area contributed by atoms with Crippen LogP contribution in [0.3, 0.4) is 0 Å². The molecule has 0 aliphatic rings. The van der Waals surface area contributed by atoms with Crippen molar-refractivity contribution in [3.8, 4) is 11.6 Å². The number of aromatic nitrogens is 3. The Balaban J connectivity index is 1.37. The van der Waals surface area contributed by atoms with E-state index >= 15 is 0 Å². The minimum Gasteiger partial charge on any atom is -0.416 e. The monoisotopic (exact) mass is 337 g/mol. The molecule has 0 aliphatic carbocycles. The SMILES string of the molecule is O[C@@H](CCCCCCc1ccccc1)c1nnc(-c2ccccn2)o1. The first-order chi connectivity index (χ1) is 12.3. The van der Waals surface area contributed by atoms with Gasteiger partial charge in [0.05, 0.1) is 0 Å². The van der Waals surface area contributed by atoms with E-state index in [4.69, 9.17) is 4.42 Å². The maximum atomic E-state index is 10.2. The Labute approximate surface area is 147 Å². The van der Waals surface area contributed by atoms with Gasteiger partial charge in [0.1, 0.15) is 11.8 Å². The van der Waals surface area contributed by atoms with Crippen molar-refractivity contribution in [2.45, 2.75) is 44.6 Å². The number of aryl methyl sites for hydroxylation is 1. The van der Waals surface area contributed by atoms with Crippen molar-refractivity contribution in [1.29, 1.82) is 0 Å². The number of aliphatic hydroxyl groups is 1. The number of hydrogen-bond acceptors (Lipinski definition) is 5. The average Bonchev–Trinajstić information content (AvgIpc) is 3.16. The van der Waals surface area contributed by atoms with E-state index in [-0.39, 0.29) is 5.89 Å². The molecule has 1 aromatic carbocycles. The quantitative estimate of drug-likeness (QED) is 0.587. The summed E-state index contributed by atoms with van der Waals surface area (Å²) >= 11 is 0. The molecule has 25 heavy (non-hydrogen) atoms. The Morgan fingerprint density at radius 3 is 2.48 bits per heavy atom. The van der Waals surface area contributed by atoms with Crippen molar-refractivity contribution in [3.05, 3.63) is 66.2 Å². The fourth-order valence-corrected chi connectivity index (χ4v) is 2.75. The Kier molecular flexibility index (Phi) is 6.29. The van der Waals surface area contributed by atoms with Crippen molar-refractivity contribution in [1.82, 2.24) is 15.2 Å². The highest BCUT2D eigenvalue weighted by atomic mass is 16.4. The van der Waals surface area contributed by atoms with Crippen molar-refractivity contribution < 1.29 is 9.52 Å². The Bertz CT molecular complexity index is 744. The summed E-state index contributed by atoms with van der Waals surface area (Å²) in [6.07, 6.45) is 7.07. The molecule has 1 N–H and O–H groups in total. The van der Waals surface area contributed by atoms with Gasteiger partial charge in [0.25, 0.3) is 5.89 Å². The van der Waals surface area contributed by atoms with Gasteiger partial charge in [0, 0.05) is 6.20 Å². The van der Waals surface area contributed by atoms with Crippen LogP contribution in [0.4, 0.5) is 0 Å². The second kappa shape index (κ2) is 9.08. The Morgan fingerprint density at radius 2 is 1.68 bits per heavy atom. The maximum absolute atomic E-state index is 10.2. The first-order valence-corrected chi connectivity index (χ1v) is 8.80. The maximum Gasteiger partial charge on any atom is 0.266 e. The lowest BCUT2D eigenvalue weighted by Crippen LogP contribution is -1.98. The topological polar surface area (TPSA) is 72.0 Å². The van der Waals surface area contributed by atoms with E-state index in [0.29, 0.717) is 18.0 Å². The van der Waals surface area contributed by atoms with Crippen LogP contribution in [0.25, 0.3) is 11.6 Å². The fourth-order valence-electron chi connectivity index (χ4n) is 2.75. The molecule has 3 aromatic rings. The van der Waals surface area contributed by atoms with Gasteiger partial charge in [-0.2, -0.15) is 0 Å². The molecule has 0 saturated heterocycles. The molecule has 0 radical (unpaired) electrons. The van der Waals surface area contributed by atoms with E-state index in [9.17, 15) is 5.11 Å². The zero-order chi connectivity index (χ0) is 17.3. The number of nitrogens with zero attached hydrogens (tertiary/aromatic N) is 3. The zero-order valence-corrected chi connectivity index (χ0v) is 14.2. The van der Waals surface area contributed by atoms with Crippen LogP contribution in [0.1, 0.15) is 49.7 Å². The highest BCUT2D eigenvalue weighted by Crippen LogP contribution is 2.22. The first kappa shape index (κ1) is 17.3. The normalized spacial score (nSPS) is 12.2. The molecule has 2 aromatic heterocycles. The molecule has 5 nitrogen and oxygen atoms in total. The first-order valence-electron chi connectivity index (χ1n) is 8.80. The molecule has 0 unspecified atom stereocenters. The van der Waals surface area contributed by atoms with Gasteiger partial charge in [-0.25, -0.2) is 0 Å².